The number of benzene rings is 1. The topological polar surface area (TPSA) is 127 Å². The standard InChI is InChI=1S/C12H13N5O4S/c18-17(19)10-8-14-12(15-9-10)13-6-7-16-22(20,21)11-4-2-1-3-5-11/h1-5,8-9,16H,6-7H2,(H,13,14,15). The Balaban J connectivity index is 1.83. The molecule has 0 atom stereocenters. The highest BCUT2D eigenvalue weighted by Gasteiger charge is 2.12. The van der Waals surface area contributed by atoms with Gasteiger partial charge in [0, 0.05) is 13.1 Å². The molecule has 22 heavy (non-hydrogen) atoms. The summed E-state index contributed by atoms with van der Waals surface area (Å²) in [5.74, 6) is 0.185. The number of nitrogens with zero attached hydrogens (tertiary/aromatic N) is 3. The van der Waals surface area contributed by atoms with Crippen molar-refractivity contribution >= 4 is 21.7 Å². The number of anilines is 1. The summed E-state index contributed by atoms with van der Waals surface area (Å²) < 4.78 is 26.3. The number of nitro groups is 1. The van der Waals surface area contributed by atoms with Gasteiger partial charge >= 0.3 is 5.69 Å². The first kappa shape index (κ1) is 15.8. The Morgan fingerprint density at radius 3 is 2.32 bits per heavy atom. The molecule has 0 aliphatic rings. The molecule has 0 saturated carbocycles. The lowest BCUT2D eigenvalue weighted by atomic mass is 10.4. The zero-order valence-corrected chi connectivity index (χ0v) is 12.2. The second-order valence-electron chi connectivity index (χ2n) is 4.16. The van der Waals surface area contributed by atoms with E-state index in [1.54, 1.807) is 18.2 Å². The maximum absolute atomic E-state index is 11.9. The molecule has 0 amide bonds. The molecule has 1 aromatic heterocycles. The van der Waals surface area contributed by atoms with Gasteiger partial charge in [0.05, 0.1) is 9.82 Å². The largest absolute Gasteiger partial charge is 0.353 e. The van der Waals surface area contributed by atoms with Gasteiger partial charge in [0.15, 0.2) is 0 Å². The van der Waals surface area contributed by atoms with Crippen LogP contribution >= 0.6 is 0 Å². The van der Waals surface area contributed by atoms with Crippen molar-refractivity contribution in [3.63, 3.8) is 0 Å². The molecule has 2 N–H and O–H groups in total. The number of hydrogen-bond acceptors (Lipinski definition) is 7. The molecule has 0 unspecified atom stereocenters. The van der Waals surface area contributed by atoms with Gasteiger partial charge < -0.3 is 5.32 Å². The second kappa shape index (κ2) is 6.91. The van der Waals surface area contributed by atoms with E-state index in [2.05, 4.69) is 20.0 Å². The van der Waals surface area contributed by atoms with Gasteiger partial charge in [-0.25, -0.2) is 23.1 Å². The predicted molar refractivity (Wildman–Crippen MR) is 78.8 cm³/mol. The molecule has 10 heteroatoms. The lowest BCUT2D eigenvalue weighted by Crippen LogP contribution is -2.29. The minimum Gasteiger partial charge on any atom is -0.353 e. The Hall–Kier alpha value is -2.59. The van der Waals surface area contributed by atoms with Crippen LogP contribution in [0.25, 0.3) is 0 Å². The number of hydrogen-bond donors (Lipinski definition) is 2. The minimum atomic E-state index is -3.55. The highest BCUT2D eigenvalue weighted by Crippen LogP contribution is 2.08. The molecule has 0 aliphatic heterocycles. The zero-order valence-electron chi connectivity index (χ0n) is 11.3. The van der Waals surface area contributed by atoms with Crippen LogP contribution < -0.4 is 10.0 Å². The Kier molecular flexibility index (Phi) is 4.96. The summed E-state index contributed by atoms with van der Waals surface area (Å²) in [5, 5.41) is 13.2. The first-order valence-electron chi connectivity index (χ1n) is 6.24. The minimum absolute atomic E-state index is 0.123. The second-order valence-corrected chi connectivity index (χ2v) is 5.93. The summed E-state index contributed by atoms with van der Waals surface area (Å²) in [4.78, 5) is 17.5. The van der Waals surface area contributed by atoms with E-state index in [9.17, 15) is 18.5 Å². The van der Waals surface area contributed by atoms with Crippen LogP contribution in [0.15, 0.2) is 47.6 Å². The van der Waals surface area contributed by atoms with Gasteiger partial charge in [-0.15, -0.1) is 0 Å². The van der Waals surface area contributed by atoms with Crippen molar-refractivity contribution < 1.29 is 13.3 Å². The third-order valence-corrected chi connectivity index (χ3v) is 4.08. The SMILES string of the molecule is O=[N+]([O-])c1cnc(NCCNS(=O)(=O)c2ccccc2)nc1. The summed E-state index contributed by atoms with van der Waals surface area (Å²) in [7, 11) is -3.55. The van der Waals surface area contributed by atoms with Gasteiger partial charge in [-0.1, -0.05) is 18.2 Å². The summed E-state index contributed by atoms with van der Waals surface area (Å²) in [5.41, 5.74) is -0.213. The Morgan fingerprint density at radius 1 is 1.09 bits per heavy atom. The third kappa shape index (κ3) is 4.20. The molecule has 0 fully saturated rings. The molecular weight excluding hydrogens is 310 g/mol. The van der Waals surface area contributed by atoms with Crippen molar-refractivity contribution in [2.24, 2.45) is 0 Å². The fourth-order valence-electron chi connectivity index (χ4n) is 1.55. The maximum Gasteiger partial charge on any atom is 0.305 e. The molecular formula is C12H13N5O4S. The Bertz CT molecular complexity index is 734. The average Bonchev–Trinajstić information content (AvgIpc) is 2.53. The van der Waals surface area contributed by atoms with E-state index < -0.39 is 14.9 Å². The lowest BCUT2D eigenvalue weighted by molar-refractivity contribution is -0.385. The molecule has 0 saturated heterocycles. The van der Waals surface area contributed by atoms with E-state index in [4.69, 9.17) is 0 Å². The highest BCUT2D eigenvalue weighted by molar-refractivity contribution is 7.89. The number of sulfonamides is 1. The van der Waals surface area contributed by atoms with Gasteiger partial charge in [0.2, 0.25) is 16.0 Å². The molecule has 1 heterocycles. The van der Waals surface area contributed by atoms with E-state index in [0.717, 1.165) is 12.4 Å². The van der Waals surface area contributed by atoms with Crippen molar-refractivity contribution in [1.82, 2.24) is 14.7 Å². The van der Waals surface area contributed by atoms with Crippen molar-refractivity contribution in [1.29, 1.82) is 0 Å². The van der Waals surface area contributed by atoms with Crippen molar-refractivity contribution in [3.8, 4) is 0 Å². The first-order valence-corrected chi connectivity index (χ1v) is 7.72. The molecule has 0 aliphatic carbocycles. The Morgan fingerprint density at radius 2 is 1.73 bits per heavy atom. The van der Waals surface area contributed by atoms with E-state index in [1.165, 1.54) is 12.1 Å². The van der Waals surface area contributed by atoms with Crippen LogP contribution in [0.4, 0.5) is 11.6 Å². The first-order chi connectivity index (χ1) is 10.5. The molecule has 2 rings (SSSR count). The van der Waals surface area contributed by atoms with E-state index in [-0.39, 0.29) is 29.6 Å². The third-order valence-electron chi connectivity index (χ3n) is 2.60. The van der Waals surface area contributed by atoms with Gasteiger partial charge in [0.1, 0.15) is 12.4 Å². The summed E-state index contributed by atoms with van der Waals surface area (Å²) >= 11 is 0. The predicted octanol–water partition coefficient (Wildman–Crippen LogP) is 0.775. The van der Waals surface area contributed by atoms with E-state index in [0.29, 0.717) is 0 Å². The van der Waals surface area contributed by atoms with Crippen LogP contribution in [0.3, 0.4) is 0 Å². The summed E-state index contributed by atoms with van der Waals surface area (Å²) in [6, 6.07) is 7.99. The zero-order chi connectivity index (χ0) is 16.0. The van der Waals surface area contributed by atoms with Gasteiger partial charge in [-0.3, -0.25) is 10.1 Å². The lowest BCUT2D eigenvalue weighted by Gasteiger charge is -2.07. The fourth-order valence-corrected chi connectivity index (χ4v) is 2.60. The monoisotopic (exact) mass is 323 g/mol. The molecule has 116 valence electrons. The van der Waals surface area contributed by atoms with Crippen molar-refractivity contribution in [2.45, 2.75) is 4.90 Å². The van der Waals surface area contributed by atoms with Crippen molar-refractivity contribution in [2.75, 3.05) is 18.4 Å². The summed E-state index contributed by atoms with van der Waals surface area (Å²) in [6.07, 6.45) is 2.15. The molecule has 2 aromatic rings. The van der Waals surface area contributed by atoms with Crippen LogP contribution in [0, 0.1) is 10.1 Å². The quantitative estimate of drug-likeness (QED) is 0.438. The molecule has 1 aromatic carbocycles. The van der Waals surface area contributed by atoms with Crippen LogP contribution in [-0.2, 0) is 10.0 Å². The molecule has 9 nitrogen and oxygen atoms in total. The normalized spacial score (nSPS) is 11.1. The molecule has 0 radical (unpaired) electrons. The number of nitrogens with one attached hydrogen (secondary N) is 2. The highest BCUT2D eigenvalue weighted by atomic mass is 32.2. The van der Waals surface area contributed by atoms with Gasteiger partial charge in [-0.05, 0) is 12.1 Å². The van der Waals surface area contributed by atoms with Crippen LogP contribution in [-0.4, -0.2) is 36.4 Å². The average molecular weight is 323 g/mol. The maximum atomic E-state index is 11.9. The van der Waals surface area contributed by atoms with Crippen LogP contribution in [0.1, 0.15) is 0 Å². The van der Waals surface area contributed by atoms with E-state index in [1.807, 2.05) is 0 Å². The van der Waals surface area contributed by atoms with Crippen LogP contribution in [0.5, 0.6) is 0 Å². The van der Waals surface area contributed by atoms with E-state index >= 15 is 0 Å². The molecule has 0 bridgehead atoms. The summed E-state index contributed by atoms with van der Waals surface area (Å²) in [6.45, 7) is 0.363. The molecule has 0 spiro atoms. The van der Waals surface area contributed by atoms with Crippen molar-refractivity contribution in [3.05, 3.63) is 52.8 Å². The number of rotatable bonds is 7. The van der Waals surface area contributed by atoms with Gasteiger partial charge in [0.25, 0.3) is 0 Å². The van der Waals surface area contributed by atoms with Gasteiger partial charge in [-0.2, -0.15) is 0 Å². The van der Waals surface area contributed by atoms with Crippen LogP contribution in [0.2, 0.25) is 0 Å². The Labute approximate surface area is 126 Å². The number of aromatic nitrogens is 2. The smallest absolute Gasteiger partial charge is 0.305 e. The fraction of sp³-hybridized carbons (Fsp3) is 0.167.